The average molecular weight is 344 g/mol. The van der Waals surface area contributed by atoms with Gasteiger partial charge in [0.2, 0.25) is 0 Å². The fraction of sp³-hybridized carbons (Fsp3) is 0.292. The lowest BCUT2D eigenvalue weighted by Crippen LogP contribution is -2.15. The summed E-state index contributed by atoms with van der Waals surface area (Å²) in [5.41, 5.74) is 0.671. The molecule has 3 aromatic carbocycles. The second-order valence-corrected chi connectivity index (χ2v) is 7.13. The van der Waals surface area contributed by atoms with Crippen LogP contribution in [0.3, 0.4) is 0 Å². The van der Waals surface area contributed by atoms with Gasteiger partial charge in [-0.05, 0) is 65.6 Å². The smallest absolute Gasteiger partial charge is 0.338 e. The van der Waals surface area contributed by atoms with Crippen LogP contribution in [0, 0.1) is 5.92 Å². The Morgan fingerprint density at radius 3 is 2.50 bits per heavy atom. The van der Waals surface area contributed by atoms with Crippen LogP contribution in [0.1, 0.15) is 42.5 Å². The van der Waals surface area contributed by atoms with Crippen molar-refractivity contribution >= 4 is 27.5 Å². The second-order valence-electron chi connectivity index (χ2n) is 7.13. The summed E-state index contributed by atoms with van der Waals surface area (Å²) in [6.07, 6.45) is 10.2. The number of esters is 1. The second kappa shape index (κ2) is 7.74. The first-order valence-corrected chi connectivity index (χ1v) is 9.55. The first-order chi connectivity index (χ1) is 12.8. The first-order valence-electron chi connectivity index (χ1n) is 9.55. The van der Waals surface area contributed by atoms with Gasteiger partial charge in [0.15, 0.2) is 0 Å². The number of rotatable bonds is 3. The van der Waals surface area contributed by atoms with Crippen LogP contribution >= 0.6 is 0 Å². The van der Waals surface area contributed by atoms with Gasteiger partial charge in [-0.15, -0.1) is 0 Å². The topological polar surface area (TPSA) is 26.3 Å². The third-order valence-electron chi connectivity index (χ3n) is 5.33. The standard InChI is InChI=1S/C24H24O2/c25-24(26-17-18-10-4-2-1-3-5-11-18)23-16-19-12-6-7-13-20(19)21-14-8-9-15-22(21)23/h1-2,6-9,12-16,18H,3-5,10-11,17H2/b2-1-. The highest BCUT2D eigenvalue weighted by atomic mass is 16.5. The normalized spacial score (nSPS) is 19.0. The molecule has 2 heteroatoms. The summed E-state index contributed by atoms with van der Waals surface area (Å²) >= 11 is 0. The van der Waals surface area contributed by atoms with Gasteiger partial charge in [0.25, 0.3) is 0 Å². The number of allylic oxidation sites excluding steroid dienone is 2. The highest BCUT2D eigenvalue weighted by Gasteiger charge is 2.17. The van der Waals surface area contributed by atoms with E-state index in [1.807, 2.05) is 36.4 Å². The number of carbonyl (C=O) groups is 1. The maximum absolute atomic E-state index is 12.9. The Bertz CT molecular complexity index is 955. The van der Waals surface area contributed by atoms with Crippen LogP contribution in [0.4, 0.5) is 0 Å². The van der Waals surface area contributed by atoms with Gasteiger partial charge in [0, 0.05) is 0 Å². The lowest BCUT2D eigenvalue weighted by atomic mass is 9.95. The summed E-state index contributed by atoms with van der Waals surface area (Å²) in [4.78, 5) is 12.9. The monoisotopic (exact) mass is 344 g/mol. The molecule has 0 N–H and O–H groups in total. The molecular weight excluding hydrogens is 320 g/mol. The summed E-state index contributed by atoms with van der Waals surface area (Å²) in [7, 11) is 0. The molecule has 0 amide bonds. The molecule has 1 unspecified atom stereocenters. The number of carbonyl (C=O) groups excluding carboxylic acids is 1. The molecule has 0 saturated carbocycles. The molecule has 0 aliphatic heterocycles. The van der Waals surface area contributed by atoms with Crippen LogP contribution in [0.15, 0.2) is 66.7 Å². The van der Waals surface area contributed by atoms with Crippen LogP contribution in [-0.2, 0) is 4.74 Å². The van der Waals surface area contributed by atoms with E-state index in [0.29, 0.717) is 18.1 Å². The third-order valence-corrected chi connectivity index (χ3v) is 5.33. The number of ether oxygens (including phenoxy) is 1. The van der Waals surface area contributed by atoms with Gasteiger partial charge in [-0.1, -0.05) is 60.7 Å². The zero-order valence-corrected chi connectivity index (χ0v) is 15.0. The Morgan fingerprint density at radius 1 is 0.885 bits per heavy atom. The molecule has 0 spiro atoms. The highest BCUT2D eigenvalue weighted by Crippen LogP contribution is 2.29. The summed E-state index contributed by atoms with van der Waals surface area (Å²) in [5.74, 6) is 0.264. The van der Waals surface area contributed by atoms with Gasteiger partial charge >= 0.3 is 5.97 Å². The quantitative estimate of drug-likeness (QED) is 0.317. The summed E-state index contributed by atoms with van der Waals surface area (Å²) in [6, 6.07) is 18.3. The molecule has 0 aromatic heterocycles. The molecule has 1 atom stereocenters. The van der Waals surface area contributed by atoms with Gasteiger partial charge < -0.3 is 4.74 Å². The van der Waals surface area contributed by atoms with Crippen LogP contribution in [0.2, 0.25) is 0 Å². The van der Waals surface area contributed by atoms with E-state index in [2.05, 4.69) is 30.4 Å². The molecule has 1 aliphatic rings. The minimum Gasteiger partial charge on any atom is -0.462 e. The van der Waals surface area contributed by atoms with E-state index < -0.39 is 0 Å². The van der Waals surface area contributed by atoms with Crippen molar-refractivity contribution < 1.29 is 9.53 Å². The van der Waals surface area contributed by atoms with Gasteiger partial charge in [0.1, 0.15) is 0 Å². The lowest BCUT2D eigenvalue weighted by molar-refractivity contribution is 0.0427. The SMILES string of the molecule is O=C(OCC1CC/C=C\CCC1)c1cc2ccccc2c2ccccc12. The first kappa shape index (κ1) is 16.8. The van der Waals surface area contributed by atoms with E-state index in [-0.39, 0.29) is 5.97 Å². The van der Waals surface area contributed by atoms with Crippen molar-refractivity contribution in [1.82, 2.24) is 0 Å². The summed E-state index contributed by atoms with van der Waals surface area (Å²) in [5, 5.41) is 4.33. The molecule has 132 valence electrons. The van der Waals surface area contributed by atoms with Crippen molar-refractivity contribution in [2.75, 3.05) is 6.61 Å². The molecular formula is C24H24O2. The molecule has 0 fully saturated rings. The fourth-order valence-electron chi connectivity index (χ4n) is 3.90. The Hall–Kier alpha value is -2.61. The molecule has 2 nitrogen and oxygen atoms in total. The minimum atomic E-state index is -0.204. The molecule has 0 bridgehead atoms. The Kier molecular flexibility index (Phi) is 5.01. The van der Waals surface area contributed by atoms with Gasteiger partial charge in [-0.2, -0.15) is 0 Å². The maximum Gasteiger partial charge on any atom is 0.338 e. The molecule has 0 heterocycles. The van der Waals surface area contributed by atoms with Crippen LogP contribution in [0.25, 0.3) is 21.5 Å². The van der Waals surface area contributed by atoms with E-state index in [1.54, 1.807) is 0 Å². The zero-order chi connectivity index (χ0) is 17.8. The predicted molar refractivity (Wildman–Crippen MR) is 107 cm³/mol. The molecule has 26 heavy (non-hydrogen) atoms. The van der Waals surface area contributed by atoms with Gasteiger partial charge in [-0.25, -0.2) is 4.79 Å². The molecule has 0 saturated heterocycles. The van der Waals surface area contributed by atoms with Gasteiger partial charge in [-0.3, -0.25) is 0 Å². The Labute approximate surface area is 154 Å². The number of hydrogen-bond acceptors (Lipinski definition) is 2. The van der Waals surface area contributed by atoms with E-state index in [9.17, 15) is 4.79 Å². The Morgan fingerprint density at radius 2 is 1.62 bits per heavy atom. The van der Waals surface area contributed by atoms with Crippen LogP contribution < -0.4 is 0 Å². The van der Waals surface area contributed by atoms with Crippen LogP contribution in [-0.4, -0.2) is 12.6 Å². The molecule has 1 aliphatic carbocycles. The van der Waals surface area contributed by atoms with Crippen molar-refractivity contribution in [2.45, 2.75) is 32.1 Å². The summed E-state index contributed by atoms with van der Waals surface area (Å²) in [6.45, 7) is 0.522. The van der Waals surface area contributed by atoms with Crippen molar-refractivity contribution in [2.24, 2.45) is 5.92 Å². The minimum absolute atomic E-state index is 0.204. The van der Waals surface area contributed by atoms with Crippen molar-refractivity contribution in [3.8, 4) is 0 Å². The molecule has 4 rings (SSSR count). The van der Waals surface area contributed by atoms with E-state index >= 15 is 0 Å². The lowest BCUT2D eigenvalue weighted by Gasteiger charge is -2.18. The van der Waals surface area contributed by atoms with E-state index in [4.69, 9.17) is 4.74 Å². The number of fused-ring (bicyclic) bond motifs is 3. The molecule has 0 radical (unpaired) electrons. The maximum atomic E-state index is 12.9. The van der Waals surface area contributed by atoms with Crippen molar-refractivity contribution in [3.05, 3.63) is 72.3 Å². The highest BCUT2D eigenvalue weighted by molar-refractivity contribution is 6.15. The van der Waals surface area contributed by atoms with Crippen molar-refractivity contribution in [3.63, 3.8) is 0 Å². The van der Waals surface area contributed by atoms with Crippen molar-refractivity contribution in [1.29, 1.82) is 0 Å². The van der Waals surface area contributed by atoms with Gasteiger partial charge in [0.05, 0.1) is 12.2 Å². The number of benzene rings is 3. The van der Waals surface area contributed by atoms with E-state index in [0.717, 1.165) is 41.8 Å². The number of hydrogen-bond donors (Lipinski definition) is 0. The third kappa shape index (κ3) is 3.50. The van der Waals surface area contributed by atoms with E-state index in [1.165, 1.54) is 11.8 Å². The predicted octanol–water partition coefficient (Wildman–Crippen LogP) is 6.29. The largest absolute Gasteiger partial charge is 0.462 e. The molecule has 3 aromatic rings. The Balaban J connectivity index is 1.60. The average Bonchev–Trinajstić information content (AvgIpc) is 2.66. The fourth-order valence-corrected chi connectivity index (χ4v) is 3.90. The zero-order valence-electron chi connectivity index (χ0n) is 15.0. The van der Waals surface area contributed by atoms with Crippen LogP contribution in [0.5, 0.6) is 0 Å². The summed E-state index contributed by atoms with van der Waals surface area (Å²) < 4.78 is 5.76.